The summed E-state index contributed by atoms with van der Waals surface area (Å²) in [6.45, 7) is 1.57. The molecule has 0 aliphatic carbocycles. The van der Waals surface area contributed by atoms with E-state index in [4.69, 9.17) is 37.9 Å². The fourth-order valence-corrected chi connectivity index (χ4v) is 12.8. The highest BCUT2D eigenvalue weighted by Crippen LogP contribution is 2.35. The summed E-state index contributed by atoms with van der Waals surface area (Å²) in [6, 6.07) is -2.68. The van der Waals surface area contributed by atoms with Gasteiger partial charge in [0.1, 0.15) is 97.6 Å². The van der Waals surface area contributed by atoms with Gasteiger partial charge in [0.25, 0.3) is 0 Å². The third kappa shape index (κ3) is 30.8. The van der Waals surface area contributed by atoms with Crippen molar-refractivity contribution in [1.29, 1.82) is 0 Å². The van der Waals surface area contributed by atoms with E-state index in [-0.39, 0.29) is 12.3 Å². The second-order valence-electron chi connectivity index (χ2n) is 26.8. The molecular weight excluding hydrogens is 1240 g/mol. The summed E-state index contributed by atoms with van der Waals surface area (Å²) in [4.78, 5) is 26.2. The number of hydrogen-bond donors (Lipinski definition) is 15. The molecule has 22 atom stereocenters. The lowest BCUT2D eigenvalue weighted by Crippen LogP contribution is -2.70. The molecule has 8 unspecified atom stereocenters. The Hall–Kier alpha value is -2.42. The van der Waals surface area contributed by atoms with Gasteiger partial charge in [-0.05, 0) is 44.9 Å². The van der Waals surface area contributed by atoms with Crippen LogP contribution in [0.15, 0.2) is 24.3 Å². The predicted molar refractivity (Wildman–Crippen MR) is 354 cm³/mol. The average molecular weight is 1370 g/mol. The molecule has 4 aliphatic rings. The van der Waals surface area contributed by atoms with Crippen molar-refractivity contribution in [2.24, 2.45) is 0 Å². The van der Waals surface area contributed by atoms with Crippen molar-refractivity contribution < 1.29 is 114 Å². The Morgan fingerprint density at radius 3 is 1.26 bits per heavy atom. The third-order valence-corrected chi connectivity index (χ3v) is 18.8. The Morgan fingerprint density at radius 2 is 0.789 bits per heavy atom. The second-order valence-corrected chi connectivity index (χ2v) is 26.8. The molecule has 4 rings (SSSR count). The number of unbranched alkanes of at least 4 members (excludes halogenated alkanes) is 30. The van der Waals surface area contributed by atoms with Crippen LogP contribution in [-0.4, -0.2) is 246 Å². The van der Waals surface area contributed by atoms with Gasteiger partial charge in [0.15, 0.2) is 25.2 Å². The standard InChI is InChI=1S/C70H128N2O23/c1-4-6-8-10-12-14-16-18-19-20-21-22-23-24-25-26-27-29-31-33-35-37-39-41-54(79)72-48(49(78)40-38-36-34-32-30-28-17-15-13-11-9-7-5-2)46-88-68-62(86)60(84)64(53(45-76)92-68)93-70-63(87)66(58(82)52(44-75)91-70)95-67-55(71-47(3)77)65(57(81)51(43-74)89-67)94-69-61(85)59(83)56(80)50(42-73)90-69/h18-19,38,40,48-53,55-70,73-76,78,80-87H,4-17,20-37,39,41-46H2,1-3H3,(H,71,77)(H,72,79)/b19-18-,40-38+/t48-,49+,50?,51?,52?,53?,55?,56-,57+,58-,59-,60+,61?,62?,63?,64+,65+,66-,67-,68+,69-,70-/m0/s1. The van der Waals surface area contributed by atoms with Crippen molar-refractivity contribution in [3.05, 3.63) is 24.3 Å². The van der Waals surface area contributed by atoms with Gasteiger partial charge in [-0.25, -0.2) is 0 Å². The van der Waals surface area contributed by atoms with E-state index < -0.39 is 174 Å². The van der Waals surface area contributed by atoms with Crippen molar-refractivity contribution in [2.45, 2.75) is 374 Å². The smallest absolute Gasteiger partial charge is 0.220 e. The molecule has 4 fully saturated rings. The molecular formula is C70H128N2O23. The molecule has 4 heterocycles. The van der Waals surface area contributed by atoms with Gasteiger partial charge >= 0.3 is 0 Å². The molecule has 15 N–H and O–H groups in total. The van der Waals surface area contributed by atoms with E-state index in [0.717, 1.165) is 51.9 Å². The largest absolute Gasteiger partial charge is 0.394 e. The number of carbonyl (C=O) groups excluding carboxylic acids is 2. The minimum atomic E-state index is -2.10. The van der Waals surface area contributed by atoms with Crippen molar-refractivity contribution in [1.82, 2.24) is 10.6 Å². The quantitative estimate of drug-likeness (QED) is 0.0290. The lowest BCUT2D eigenvalue weighted by Gasteiger charge is -2.50. The number of nitrogens with one attached hydrogen (secondary N) is 2. The Labute approximate surface area is 565 Å². The van der Waals surface area contributed by atoms with E-state index in [1.54, 1.807) is 6.08 Å². The predicted octanol–water partition coefficient (Wildman–Crippen LogP) is 4.68. The molecule has 4 saturated heterocycles. The van der Waals surface area contributed by atoms with Crippen molar-refractivity contribution in [2.75, 3.05) is 33.0 Å². The lowest BCUT2D eigenvalue weighted by molar-refractivity contribution is -0.381. The minimum Gasteiger partial charge on any atom is -0.394 e. The summed E-state index contributed by atoms with van der Waals surface area (Å²) in [5.74, 6) is -1.08. The molecule has 95 heavy (non-hydrogen) atoms. The molecule has 0 aromatic heterocycles. The summed E-state index contributed by atoms with van der Waals surface area (Å²) in [5.41, 5.74) is 0. The highest BCUT2D eigenvalue weighted by molar-refractivity contribution is 5.76. The first-order valence-corrected chi connectivity index (χ1v) is 36.6. The van der Waals surface area contributed by atoms with E-state index in [1.807, 2.05) is 6.08 Å². The highest BCUT2D eigenvalue weighted by atomic mass is 16.8. The van der Waals surface area contributed by atoms with E-state index in [9.17, 15) is 76.0 Å². The average Bonchev–Trinajstić information content (AvgIpc) is 0.785. The fraction of sp³-hybridized carbons (Fsp3) is 0.914. The zero-order valence-electron chi connectivity index (χ0n) is 57.5. The highest BCUT2D eigenvalue weighted by Gasteiger charge is 2.56. The molecule has 0 bridgehead atoms. The summed E-state index contributed by atoms with van der Waals surface area (Å²) in [7, 11) is 0. The Balaban J connectivity index is 1.32. The molecule has 0 saturated carbocycles. The second kappa shape index (κ2) is 50.0. The first-order chi connectivity index (χ1) is 46.0. The number of carbonyl (C=O) groups is 2. The van der Waals surface area contributed by atoms with Crippen molar-refractivity contribution in [3.8, 4) is 0 Å². The zero-order valence-corrected chi connectivity index (χ0v) is 57.5. The van der Waals surface area contributed by atoms with Crippen LogP contribution in [-0.2, 0) is 47.5 Å². The van der Waals surface area contributed by atoms with Crippen LogP contribution in [0, 0.1) is 0 Å². The van der Waals surface area contributed by atoms with E-state index in [2.05, 4.69) is 36.6 Å². The molecule has 0 aromatic rings. The van der Waals surface area contributed by atoms with Gasteiger partial charge in [-0.15, -0.1) is 0 Å². The van der Waals surface area contributed by atoms with Crippen LogP contribution in [0.1, 0.15) is 239 Å². The molecule has 556 valence electrons. The number of aliphatic hydroxyl groups excluding tert-OH is 13. The third-order valence-electron chi connectivity index (χ3n) is 18.8. The van der Waals surface area contributed by atoms with E-state index in [1.165, 1.54) is 154 Å². The van der Waals surface area contributed by atoms with Crippen molar-refractivity contribution >= 4 is 11.8 Å². The fourth-order valence-electron chi connectivity index (χ4n) is 12.8. The maximum absolute atomic E-state index is 13.5. The Morgan fingerprint density at radius 1 is 0.411 bits per heavy atom. The zero-order chi connectivity index (χ0) is 69.3. The summed E-state index contributed by atoms with van der Waals surface area (Å²) >= 11 is 0. The summed E-state index contributed by atoms with van der Waals surface area (Å²) in [6.07, 6.45) is 12.0. The number of aliphatic hydroxyl groups is 13. The SMILES string of the molecule is CCCCCCCC/C=C\CCCCCCCCCCCCCCCC(=O)N[C@@H](CO[C@@H]1OC(CO)[C@@H](O[C@@H]2OC(CO)[C@H](O)[C@H](O[C@@H]3OC(CO)[C@@H](O)[C@H](O[C@@H]4OC(CO)[C@H](O)[C@H](O)C4O)C3NC(C)=O)C2O)[C@H](O)C1O)[C@H](O)/C=C/CCCCCCCCCCCCC. The van der Waals surface area contributed by atoms with E-state index >= 15 is 0 Å². The number of hydrogen-bond acceptors (Lipinski definition) is 23. The topological polar surface area (TPSA) is 395 Å². The van der Waals surface area contributed by atoms with Gasteiger partial charge in [-0.1, -0.05) is 205 Å². The Kier molecular flexibility index (Phi) is 44.7. The van der Waals surface area contributed by atoms with Gasteiger partial charge in [-0.3, -0.25) is 9.59 Å². The lowest BCUT2D eigenvalue weighted by atomic mass is 9.94. The molecule has 0 aromatic carbocycles. The summed E-state index contributed by atoms with van der Waals surface area (Å²) in [5, 5.41) is 147. The molecule has 4 aliphatic heterocycles. The van der Waals surface area contributed by atoms with Crippen LogP contribution >= 0.6 is 0 Å². The molecule has 0 spiro atoms. The first kappa shape index (κ1) is 85.0. The molecule has 0 radical (unpaired) electrons. The van der Waals surface area contributed by atoms with Gasteiger partial charge in [0.05, 0.1) is 45.2 Å². The first-order valence-electron chi connectivity index (χ1n) is 36.6. The summed E-state index contributed by atoms with van der Waals surface area (Å²) < 4.78 is 46.9. The van der Waals surface area contributed by atoms with Gasteiger partial charge in [-0.2, -0.15) is 0 Å². The minimum absolute atomic E-state index is 0.208. The molecule has 25 heteroatoms. The normalized spacial score (nSPS) is 32.1. The van der Waals surface area contributed by atoms with Crippen molar-refractivity contribution in [3.63, 3.8) is 0 Å². The Bertz CT molecular complexity index is 2010. The van der Waals surface area contributed by atoms with Crippen LogP contribution in [0.25, 0.3) is 0 Å². The maximum atomic E-state index is 13.5. The molecule has 2 amide bonds. The molecule has 25 nitrogen and oxygen atoms in total. The number of amides is 2. The van der Waals surface area contributed by atoms with Crippen LogP contribution in [0.3, 0.4) is 0 Å². The van der Waals surface area contributed by atoms with E-state index in [0.29, 0.717) is 12.8 Å². The van der Waals surface area contributed by atoms with Gasteiger partial charge < -0.3 is 115 Å². The van der Waals surface area contributed by atoms with Gasteiger partial charge in [0.2, 0.25) is 11.8 Å². The van der Waals surface area contributed by atoms with Crippen LogP contribution in [0.4, 0.5) is 0 Å². The van der Waals surface area contributed by atoms with Crippen LogP contribution in [0.2, 0.25) is 0 Å². The number of allylic oxidation sites excluding steroid dienone is 3. The van der Waals surface area contributed by atoms with Crippen LogP contribution in [0.5, 0.6) is 0 Å². The maximum Gasteiger partial charge on any atom is 0.220 e. The van der Waals surface area contributed by atoms with Gasteiger partial charge in [0, 0.05) is 13.3 Å². The monoisotopic (exact) mass is 1360 g/mol. The number of rotatable bonds is 52. The van der Waals surface area contributed by atoms with Crippen LogP contribution < -0.4 is 10.6 Å². The number of ether oxygens (including phenoxy) is 8.